The van der Waals surface area contributed by atoms with Gasteiger partial charge in [-0.05, 0) is 29.2 Å². The van der Waals surface area contributed by atoms with Gasteiger partial charge in [-0.1, -0.05) is 60.7 Å². The van der Waals surface area contributed by atoms with Gasteiger partial charge in [-0.3, -0.25) is 0 Å². The second-order valence-corrected chi connectivity index (χ2v) is 6.76. The summed E-state index contributed by atoms with van der Waals surface area (Å²) in [5, 5.41) is 0. The van der Waals surface area contributed by atoms with Crippen LogP contribution in [0.15, 0.2) is 66.7 Å². The highest BCUT2D eigenvalue weighted by Crippen LogP contribution is 2.35. The Kier molecular flexibility index (Phi) is 7.22. The summed E-state index contributed by atoms with van der Waals surface area (Å²) >= 11 is 0. The number of hydrogen-bond acceptors (Lipinski definition) is 5. The average molecular weight is 404 g/mol. The van der Waals surface area contributed by atoms with Crippen molar-refractivity contribution in [2.75, 3.05) is 7.11 Å². The highest BCUT2D eigenvalue weighted by molar-refractivity contribution is 5.96. The Hall–Kier alpha value is -3.60. The first kappa shape index (κ1) is 21.1. The van der Waals surface area contributed by atoms with Crippen LogP contribution in [0.4, 0.5) is 0 Å². The zero-order chi connectivity index (χ0) is 21.3. The first-order valence-electron chi connectivity index (χ1n) is 9.66. The van der Waals surface area contributed by atoms with Crippen molar-refractivity contribution in [1.29, 1.82) is 0 Å². The van der Waals surface area contributed by atoms with Crippen LogP contribution in [-0.2, 0) is 29.2 Å². The van der Waals surface area contributed by atoms with Crippen molar-refractivity contribution in [1.82, 2.24) is 0 Å². The number of carbonyl (C=O) groups excluding carboxylic acids is 2. The predicted molar refractivity (Wildman–Crippen MR) is 114 cm³/mol. The van der Waals surface area contributed by atoms with Gasteiger partial charge in [0.25, 0.3) is 0 Å². The number of hydrogen-bond donors (Lipinski definition) is 0. The van der Waals surface area contributed by atoms with Crippen molar-refractivity contribution in [3.05, 3.63) is 94.5 Å². The van der Waals surface area contributed by atoms with Crippen molar-refractivity contribution < 1.29 is 23.8 Å². The first-order chi connectivity index (χ1) is 14.6. The second kappa shape index (κ2) is 10.3. The molecule has 0 N–H and O–H groups in total. The summed E-state index contributed by atoms with van der Waals surface area (Å²) in [6, 6.07) is 21.1. The predicted octanol–water partition coefficient (Wildman–Crippen LogP) is 4.68. The quantitative estimate of drug-likeness (QED) is 0.383. The topological polar surface area (TPSA) is 61.8 Å². The number of ether oxygens (including phenoxy) is 3. The van der Waals surface area contributed by atoms with Gasteiger partial charge in [0.05, 0.1) is 7.11 Å². The van der Waals surface area contributed by atoms with Crippen LogP contribution in [0.3, 0.4) is 0 Å². The molecule has 0 radical (unpaired) electrons. The maximum atomic E-state index is 12.5. The molecule has 0 aliphatic rings. The van der Waals surface area contributed by atoms with Crippen LogP contribution in [0.1, 0.15) is 32.6 Å². The lowest BCUT2D eigenvalue weighted by atomic mass is 9.97. The van der Waals surface area contributed by atoms with E-state index in [1.165, 1.54) is 7.11 Å². The van der Waals surface area contributed by atoms with Gasteiger partial charge in [-0.2, -0.15) is 0 Å². The molecule has 154 valence electrons. The Morgan fingerprint density at radius 1 is 0.867 bits per heavy atom. The molecule has 0 saturated heterocycles. The molecule has 0 spiro atoms. The van der Waals surface area contributed by atoms with E-state index >= 15 is 0 Å². The van der Waals surface area contributed by atoms with Crippen LogP contribution in [-0.4, -0.2) is 19.4 Å². The summed E-state index contributed by atoms with van der Waals surface area (Å²) in [5.74, 6) is 0.343. The molecule has 0 unspecified atom stereocenters. The molecule has 0 aromatic heterocycles. The van der Waals surface area contributed by atoms with Crippen molar-refractivity contribution >= 4 is 12.3 Å². The summed E-state index contributed by atoms with van der Waals surface area (Å²) in [6.45, 7) is 2.46. The summed E-state index contributed by atoms with van der Waals surface area (Å²) in [5.41, 5.74) is 3.48. The van der Waals surface area contributed by atoms with Crippen LogP contribution < -0.4 is 9.47 Å². The SMILES string of the molecule is COC(=O)c1c(OCc2ccccc2)cc(OCc2ccccc2)c(C)c1CC=O. The molecule has 0 amide bonds. The van der Waals surface area contributed by atoms with Gasteiger partial charge < -0.3 is 19.0 Å². The van der Waals surface area contributed by atoms with Gasteiger partial charge in [-0.15, -0.1) is 0 Å². The van der Waals surface area contributed by atoms with Crippen LogP contribution in [0.2, 0.25) is 0 Å². The van der Waals surface area contributed by atoms with Crippen LogP contribution in [0.5, 0.6) is 11.5 Å². The van der Waals surface area contributed by atoms with Crippen molar-refractivity contribution in [2.45, 2.75) is 26.6 Å². The molecule has 3 aromatic rings. The zero-order valence-electron chi connectivity index (χ0n) is 17.1. The minimum Gasteiger partial charge on any atom is -0.488 e. The largest absolute Gasteiger partial charge is 0.488 e. The molecule has 0 aliphatic heterocycles. The maximum Gasteiger partial charge on any atom is 0.341 e. The Labute approximate surface area is 176 Å². The fourth-order valence-electron chi connectivity index (χ4n) is 3.18. The van der Waals surface area contributed by atoms with Gasteiger partial charge in [0.1, 0.15) is 36.6 Å². The summed E-state index contributed by atoms with van der Waals surface area (Å²) in [4.78, 5) is 23.9. The van der Waals surface area contributed by atoms with Gasteiger partial charge in [0, 0.05) is 12.5 Å². The maximum absolute atomic E-state index is 12.5. The lowest BCUT2D eigenvalue weighted by molar-refractivity contribution is -0.107. The van der Waals surface area contributed by atoms with Gasteiger partial charge in [-0.25, -0.2) is 4.79 Å². The molecule has 5 nitrogen and oxygen atoms in total. The number of methoxy groups -OCH3 is 1. The number of aldehydes is 1. The van der Waals surface area contributed by atoms with E-state index in [1.54, 1.807) is 6.07 Å². The average Bonchev–Trinajstić information content (AvgIpc) is 2.79. The molecule has 0 heterocycles. The molecule has 3 rings (SSSR count). The fraction of sp³-hybridized carbons (Fsp3) is 0.200. The zero-order valence-corrected chi connectivity index (χ0v) is 17.1. The van der Waals surface area contributed by atoms with Crippen molar-refractivity contribution in [3.8, 4) is 11.5 Å². The summed E-state index contributed by atoms with van der Waals surface area (Å²) in [6.07, 6.45) is 0.817. The second-order valence-electron chi connectivity index (χ2n) is 6.76. The minimum absolute atomic E-state index is 0.0561. The summed E-state index contributed by atoms with van der Waals surface area (Å²) < 4.78 is 17.0. The van der Waals surface area contributed by atoms with E-state index in [1.807, 2.05) is 67.6 Å². The highest BCUT2D eigenvalue weighted by atomic mass is 16.5. The van der Waals surface area contributed by atoms with Gasteiger partial charge in [0.2, 0.25) is 0 Å². The molecule has 30 heavy (non-hydrogen) atoms. The van der Waals surface area contributed by atoms with Gasteiger partial charge in [0.15, 0.2) is 0 Å². The monoisotopic (exact) mass is 404 g/mol. The Morgan fingerprint density at radius 2 is 1.40 bits per heavy atom. The van der Waals surface area contributed by atoms with Crippen LogP contribution in [0, 0.1) is 6.92 Å². The molecule has 3 aromatic carbocycles. The lowest BCUT2D eigenvalue weighted by Gasteiger charge is -2.19. The molecule has 0 atom stereocenters. The number of esters is 1. The van der Waals surface area contributed by atoms with E-state index in [4.69, 9.17) is 14.2 Å². The van der Waals surface area contributed by atoms with E-state index in [9.17, 15) is 9.59 Å². The highest BCUT2D eigenvalue weighted by Gasteiger charge is 2.23. The number of carbonyl (C=O) groups is 2. The third kappa shape index (κ3) is 5.06. The Balaban J connectivity index is 1.98. The normalized spacial score (nSPS) is 10.3. The molecular weight excluding hydrogens is 380 g/mol. The fourth-order valence-corrected chi connectivity index (χ4v) is 3.18. The standard InChI is InChI=1S/C25H24O5/c1-18-21(13-14-26)24(25(27)28-2)23(30-17-20-11-7-4-8-12-20)15-22(18)29-16-19-9-5-3-6-10-19/h3-12,14-15H,13,16-17H2,1-2H3. The molecule has 0 fully saturated rings. The lowest BCUT2D eigenvalue weighted by Crippen LogP contribution is -2.13. The van der Waals surface area contributed by atoms with E-state index in [0.29, 0.717) is 29.2 Å². The molecule has 5 heteroatoms. The summed E-state index contributed by atoms with van der Waals surface area (Å²) in [7, 11) is 1.31. The van der Waals surface area contributed by atoms with E-state index < -0.39 is 5.97 Å². The minimum atomic E-state index is -0.548. The molecular formula is C25H24O5. The Bertz CT molecular complexity index is 997. The van der Waals surface area contributed by atoms with Crippen molar-refractivity contribution in [3.63, 3.8) is 0 Å². The van der Waals surface area contributed by atoms with Gasteiger partial charge >= 0.3 is 5.97 Å². The smallest absolute Gasteiger partial charge is 0.341 e. The number of benzene rings is 3. The third-order valence-electron chi connectivity index (χ3n) is 4.78. The van der Waals surface area contributed by atoms with E-state index in [-0.39, 0.29) is 18.6 Å². The molecule has 0 bridgehead atoms. The molecule has 0 aliphatic carbocycles. The Morgan fingerprint density at radius 3 is 1.90 bits per heavy atom. The first-order valence-corrected chi connectivity index (χ1v) is 9.66. The van der Waals surface area contributed by atoms with E-state index in [2.05, 4.69) is 0 Å². The number of rotatable bonds is 9. The molecule has 0 saturated carbocycles. The van der Waals surface area contributed by atoms with E-state index in [0.717, 1.165) is 17.4 Å². The van der Waals surface area contributed by atoms with Crippen LogP contribution in [0.25, 0.3) is 0 Å². The van der Waals surface area contributed by atoms with Crippen LogP contribution >= 0.6 is 0 Å². The van der Waals surface area contributed by atoms with Crippen molar-refractivity contribution in [2.24, 2.45) is 0 Å². The third-order valence-corrected chi connectivity index (χ3v) is 4.78.